The van der Waals surface area contributed by atoms with Crippen LogP contribution in [0.2, 0.25) is 0 Å². The summed E-state index contributed by atoms with van der Waals surface area (Å²) in [5, 5.41) is 0. The van der Waals surface area contributed by atoms with Crippen molar-refractivity contribution in [1.82, 2.24) is 0 Å². The lowest BCUT2D eigenvalue weighted by atomic mass is 9.97. The maximum atomic E-state index is 12.5. The number of ether oxygens (including phenoxy) is 1. The Bertz CT molecular complexity index is 737. The number of fused-ring (bicyclic) bond motifs is 1. The Labute approximate surface area is 136 Å². The number of hydrogen-bond donors (Lipinski definition) is 0. The first-order chi connectivity index (χ1) is 11.3. The molecule has 0 saturated carbocycles. The highest BCUT2D eigenvalue weighted by Crippen LogP contribution is 2.38. The molecule has 0 spiro atoms. The number of carbonyl (C=O) groups is 1. The van der Waals surface area contributed by atoms with Gasteiger partial charge in [-0.1, -0.05) is 48.5 Å². The normalized spacial score (nSPS) is 21.0. The van der Waals surface area contributed by atoms with E-state index in [9.17, 15) is 4.79 Å². The lowest BCUT2D eigenvalue weighted by Gasteiger charge is -2.29. The van der Waals surface area contributed by atoms with Gasteiger partial charge in [0.15, 0.2) is 6.23 Å². The van der Waals surface area contributed by atoms with Gasteiger partial charge < -0.3 is 9.64 Å². The molecule has 1 saturated heterocycles. The van der Waals surface area contributed by atoms with Crippen LogP contribution in [0.1, 0.15) is 24.8 Å². The second-order valence-corrected chi connectivity index (χ2v) is 6.01. The summed E-state index contributed by atoms with van der Waals surface area (Å²) in [4.78, 5) is 14.7. The van der Waals surface area contributed by atoms with Crippen molar-refractivity contribution in [3.63, 3.8) is 0 Å². The van der Waals surface area contributed by atoms with Crippen molar-refractivity contribution < 1.29 is 9.53 Å². The summed E-state index contributed by atoms with van der Waals surface area (Å²) in [6.07, 6.45) is 2.85. The van der Waals surface area contributed by atoms with Gasteiger partial charge in [0.1, 0.15) is 0 Å². The molecule has 0 amide bonds. The predicted molar refractivity (Wildman–Crippen MR) is 90.9 cm³/mol. The average Bonchev–Trinajstić information content (AvgIpc) is 2.79. The summed E-state index contributed by atoms with van der Waals surface area (Å²) in [5.41, 5.74) is 3.96. The molecule has 0 bridgehead atoms. The molecule has 23 heavy (non-hydrogen) atoms. The van der Waals surface area contributed by atoms with Gasteiger partial charge in [-0.25, -0.2) is 4.79 Å². The van der Waals surface area contributed by atoms with Crippen LogP contribution in [0.3, 0.4) is 0 Å². The molecule has 2 aliphatic heterocycles. The monoisotopic (exact) mass is 305 g/mol. The van der Waals surface area contributed by atoms with Crippen molar-refractivity contribution in [2.75, 3.05) is 11.4 Å². The van der Waals surface area contributed by atoms with E-state index < -0.39 is 0 Å². The van der Waals surface area contributed by atoms with Crippen LogP contribution in [0.5, 0.6) is 0 Å². The van der Waals surface area contributed by atoms with E-state index in [0.717, 1.165) is 48.2 Å². The van der Waals surface area contributed by atoms with Gasteiger partial charge >= 0.3 is 5.97 Å². The van der Waals surface area contributed by atoms with Crippen LogP contribution < -0.4 is 4.90 Å². The Morgan fingerprint density at radius 3 is 2.35 bits per heavy atom. The average molecular weight is 305 g/mol. The zero-order valence-electron chi connectivity index (χ0n) is 12.9. The second-order valence-electron chi connectivity index (χ2n) is 6.01. The fourth-order valence-electron chi connectivity index (χ4n) is 3.49. The minimum Gasteiger partial charge on any atom is -0.434 e. The summed E-state index contributed by atoms with van der Waals surface area (Å²) in [6, 6.07) is 20.1. The molecule has 0 unspecified atom stereocenters. The number of anilines is 1. The molecule has 0 radical (unpaired) electrons. The first kappa shape index (κ1) is 14.1. The Balaban J connectivity index is 1.79. The number of hydrogen-bond acceptors (Lipinski definition) is 3. The summed E-state index contributed by atoms with van der Waals surface area (Å²) < 4.78 is 5.79. The van der Waals surface area contributed by atoms with Crippen molar-refractivity contribution in [3.05, 3.63) is 71.8 Å². The molecule has 3 nitrogen and oxygen atoms in total. The zero-order valence-corrected chi connectivity index (χ0v) is 12.9. The molecule has 1 atom stereocenters. The molecular weight excluding hydrogens is 286 g/mol. The molecule has 1 fully saturated rings. The Morgan fingerprint density at radius 1 is 0.913 bits per heavy atom. The topological polar surface area (TPSA) is 29.5 Å². The molecule has 3 heteroatoms. The first-order valence-corrected chi connectivity index (χ1v) is 8.16. The van der Waals surface area contributed by atoms with Gasteiger partial charge in [0.25, 0.3) is 0 Å². The van der Waals surface area contributed by atoms with E-state index in [0.29, 0.717) is 0 Å². The van der Waals surface area contributed by atoms with Gasteiger partial charge in [0, 0.05) is 17.8 Å². The van der Waals surface area contributed by atoms with Crippen molar-refractivity contribution in [1.29, 1.82) is 0 Å². The minimum absolute atomic E-state index is 0.195. The fraction of sp³-hybridized carbons (Fsp3) is 0.250. The molecular formula is C20H19NO2. The van der Waals surface area contributed by atoms with Crippen LogP contribution in [0, 0.1) is 0 Å². The van der Waals surface area contributed by atoms with Crippen LogP contribution >= 0.6 is 0 Å². The molecule has 2 aliphatic rings. The summed E-state index contributed by atoms with van der Waals surface area (Å²) >= 11 is 0. The van der Waals surface area contributed by atoms with E-state index in [1.54, 1.807) is 0 Å². The van der Waals surface area contributed by atoms with E-state index in [2.05, 4.69) is 17.0 Å². The van der Waals surface area contributed by atoms with Gasteiger partial charge in [0.05, 0.1) is 5.57 Å². The fourth-order valence-corrected chi connectivity index (χ4v) is 3.49. The highest BCUT2D eigenvalue weighted by molar-refractivity contribution is 6.19. The third-order valence-corrected chi connectivity index (χ3v) is 4.57. The van der Waals surface area contributed by atoms with Gasteiger partial charge in [-0.2, -0.15) is 0 Å². The van der Waals surface area contributed by atoms with E-state index in [4.69, 9.17) is 4.74 Å². The summed E-state index contributed by atoms with van der Waals surface area (Å²) in [7, 11) is 0. The molecule has 2 aromatic carbocycles. The van der Waals surface area contributed by atoms with E-state index >= 15 is 0 Å². The highest BCUT2D eigenvalue weighted by Gasteiger charge is 2.39. The van der Waals surface area contributed by atoms with Gasteiger partial charge in [0.2, 0.25) is 0 Å². The molecule has 0 aliphatic carbocycles. The van der Waals surface area contributed by atoms with Crippen LogP contribution in [-0.2, 0) is 9.53 Å². The maximum absolute atomic E-state index is 12.5. The Kier molecular flexibility index (Phi) is 3.62. The Morgan fingerprint density at radius 2 is 1.61 bits per heavy atom. The standard InChI is InChI=1S/C20H19NO2/c22-20-18(15-9-3-1-4-10-15)17-13-7-8-14-21(19(17)23-20)16-11-5-2-6-12-16/h1-6,9-12,19H,7-8,13-14H2/t19-/m1/s1. The van der Waals surface area contributed by atoms with Crippen molar-refractivity contribution >= 4 is 17.2 Å². The number of para-hydroxylation sites is 1. The maximum Gasteiger partial charge on any atom is 0.341 e. The summed E-state index contributed by atoms with van der Waals surface area (Å²) in [6.45, 7) is 0.910. The van der Waals surface area contributed by atoms with Crippen molar-refractivity contribution in [2.45, 2.75) is 25.5 Å². The lowest BCUT2D eigenvalue weighted by molar-refractivity contribution is -0.137. The summed E-state index contributed by atoms with van der Waals surface area (Å²) in [5.74, 6) is -0.195. The third-order valence-electron chi connectivity index (χ3n) is 4.57. The van der Waals surface area contributed by atoms with Crippen molar-refractivity contribution in [3.8, 4) is 0 Å². The molecule has 0 N–H and O–H groups in total. The zero-order chi connectivity index (χ0) is 15.6. The Hall–Kier alpha value is -2.55. The van der Waals surface area contributed by atoms with Gasteiger partial charge in [-0.3, -0.25) is 0 Å². The van der Waals surface area contributed by atoms with Gasteiger partial charge in [-0.05, 0) is 37.0 Å². The number of carbonyl (C=O) groups excluding carboxylic acids is 1. The smallest absolute Gasteiger partial charge is 0.341 e. The minimum atomic E-state index is -0.261. The highest BCUT2D eigenvalue weighted by atomic mass is 16.6. The molecule has 2 heterocycles. The van der Waals surface area contributed by atoms with Crippen LogP contribution in [-0.4, -0.2) is 18.7 Å². The number of benzene rings is 2. The predicted octanol–water partition coefficient (Wildman–Crippen LogP) is 4.01. The number of rotatable bonds is 2. The van der Waals surface area contributed by atoms with E-state index in [1.807, 2.05) is 48.5 Å². The second kappa shape index (κ2) is 5.92. The molecule has 116 valence electrons. The van der Waals surface area contributed by atoms with E-state index in [1.165, 1.54) is 0 Å². The molecule has 4 rings (SSSR count). The lowest BCUT2D eigenvalue weighted by Crippen LogP contribution is -2.36. The largest absolute Gasteiger partial charge is 0.434 e. The van der Waals surface area contributed by atoms with Crippen LogP contribution in [0.4, 0.5) is 5.69 Å². The SMILES string of the molecule is O=C1O[C@@H]2C(=C1c1ccccc1)CCCCN2c1ccccc1. The number of esters is 1. The van der Waals surface area contributed by atoms with E-state index in [-0.39, 0.29) is 12.2 Å². The van der Waals surface area contributed by atoms with Crippen LogP contribution in [0.15, 0.2) is 66.2 Å². The van der Waals surface area contributed by atoms with Gasteiger partial charge in [-0.15, -0.1) is 0 Å². The van der Waals surface area contributed by atoms with Crippen molar-refractivity contribution in [2.24, 2.45) is 0 Å². The third kappa shape index (κ3) is 2.52. The van der Waals surface area contributed by atoms with Crippen LogP contribution in [0.25, 0.3) is 5.57 Å². The number of nitrogens with zero attached hydrogens (tertiary/aromatic N) is 1. The molecule has 2 aromatic rings. The quantitative estimate of drug-likeness (QED) is 0.785. The first-order valence-electron chi connectivity index (χ1n) is 8.16. The molecule has 0 aromatic heterocycles.